The minimum Gasteiger partial charge on any atom is -0.495 e. The number of ether oxygens (including phenoxy) is 4. The molecule has 8 heteroatoms. The van der Waals surface area contributed by atoms with Crippen molar-refractivity contribution >= 4 is 11.9 Å². The SMILES string of the molecule is CCCOC1(CCC(=O)O)Oc2c(CCC)cccc2CC1Oc1ccc(C(=O)NC)c(OC)c1CC1CC1. The Morgan fingerprint density at radius 3 is 2.59 bits per heavy atom. The molecule has 8 nitrogen and oxygen atoms in total. The molecule has 2 unspecified atom stereocenters. The first kappa shape index (κ1) is 28.7. The number of nitrogens with one attached hydrogen (secondary N) is 1. The van der Waals surface area contributed by atoms with Gasteiger partial charge in [0.15, 0.2) is 6.10 Å². The molecule has 0 radical (unpaired) electrons. The Kier molecular flexibility index (Phi) is 9.38. The highest BCUT2D eigenvalue weighted by atomic mass is 16.7. The number of aryl methyl sites for hydroxylation is 1. The van der Waals surface area contributed by atoms with E-state index in [1.54, 1.807) is 20.2 Å². The van der Waals surface area contributed by atoms with Crippen molar-refractivity contribution in [3.8, 4) is 17.2 Å². The molecule has 1 aliphatic heterocycles. The number of para-hydroxylation sites is 1. The van der Waals surface area contributed by atoms with Gasteiger partial charge in [0.2, 0.25) is 5.79 Å². The molecule has 0 bridgehead atoms. The lowest BCUT2D eigenvalue weighted by Gasteiger charge is -2.44. The molecule has 1 fully saturated rings. The van der Waals surface area contributed by atoms with E-state index in [0.717, 1.165) is 61.0 Å². The molecular formula is C31H41NO7. The summed E-state index contributed by atoms with van der Waals surface area (Å²) in [6, 6.07) is 9.65. The van der Waals surface area contributed by atoms with Crippen LogP contribution in [0.15, 0.2) is 30.3 Å². The van der Waals surface area contributed by atoms with E-state index in [1.807, 2.05) is 25.1 Å². The van der Waals surface area contributed by atoms with E-state index in [0.29, 0.717) is 36.0 Å². The number of hydrogen-bond acceptors (Lipinski definition) is 6. The maximum Gasteiger partial charge on any atom is 0.303 e. The van der Waals surface area contributed by atoms with E-state index in [1.165, 1.54) is 0 Å². The predicted molar refractivity (Wildman–Crippen MR) is 148 cm³/mol. The van der Waals surface area contributed by atoms with Gasteiger partial charge in [-0.2, -0.15) is 0 Å². The number of amides is 1. The molecule has 1 saturated carbocycles. The van der Waals surface area contributed by atoms with Crippen molar-refractivity contribution in [1.29, 1.82) is 0 Å². The number of methoxy groups -OCH3 is 1. The lowest BCUT2D eigenvalue weighted by molar-refractivity contribution is -0.243. The van der Waals surface area contributed by atoms with Crippen molar-refractivity contribution in [2.24, 2.45) is 5.92 Å². The lowest BCUT2D eigenvalue weighted by Crippen LogP contribution is -2.56. The van der Waals surface area contributed by atoms with Crippen molar-refractivity contribution in [2.75, 3.05) is 20.8 Å². The van der Waals surface area contributed by atoms with Gasteiger partial charge < -0.3 is 29.4 Å². The number of carboxylic acid groups (broad SMARTS) is 1. The van der Waals surface area contributed by atoms with Crippen molar-refractivity contribution < 1.29 is 33.6 Å². The quantitative estimate of drug-likeness (QED) is 0.334. The number of hydrogen-bond donors (Lipinski definition) is 2. The van der Waals surface area contributed by atoms with E-state index < -0.39 is 17.9 Å². The third-order valence-corrected chi connectivity index (χ3v) is 7.46. The van der Waals surface area contributed by atoms with Crippen LogP contribution in [0.25, 0.3) is 0 Å². The molecule has 39 heavy (non-hydrogen) atoms. The Balaban J connectivity index is 1.80. The smallest absolute Gasteiger partial charge is 0.303 e. The largest absolute Gasteiger partial charge is 0.495 e. The summed E-state index contributed by atoms with van der Waals surface area (Å²) in [5, 5.41) is 12.3. The molecule has 4 rings (SSSR count). The van der Waals surface area contributed by atoms with Gasteiger partial charge in [0.1, 0.15) is 17.2 Å². The Morgan fingerprint density at radius 2 is 1.95 bits per heavy atom. The molecule has 2 atom stereocenters. The van der Waals surface area contributed by atoms with Gasteiger partial charge in [0.05, 0.1) is 25.7 Å². The molecule has 2 N–H and O–H groups in total. The fourth-order valence-corrected chi connectivity index (χ4v) is 5.31. The number of carbonyl (C=O) groups excluding carboxylic acids is 1. The first-order valence-electron chi connectivity index (χ1n) is 14.1. The third-order valence-electron chi connectivity index (χ3n) is 7.46. The molecular weight excluding hydrogens is 498 g/mol. The highest BCUT2D eigenvalue weighted by Gasteiger charge is 2.49. The fraction of sp³-hybridized carbons (Fsp3) is 0.548. The van der Waals surface area contributed by atoms with Crippen LogP contribution >= 0.6 is 0 Å². The van der Waals surface area contributed by atoms with Gasteiger partial charge in [-0.05, 0) is 61.3 Å². The molecule has 2 aliphatic rings. The van der Waals surface area contributed by atoms with Crippen molar-refractivity contribution in [2.45, 2.75) is 83.5 Å². The Labute approximate surface area is 231 Å². The summed E-state index contributed by atoms with van der Waals surface area (Å²) < 4.78 is 25.7. The lowest BCUT2D eigenvalue weighted by atomic mass is 9.90. The first-order chi connectivity index (χ1) is 18.9. The zero-order valence-corrected chi connectivity index (χ0v) is 23.5. The van der Waals surface area contributed by atoms with Crippen LogP contribution in [0.1, 0.15) is 79.4 Å². The van der Waals surface area contributed by atoms with Gasteiger partial charge in [-0.1, -0.05) is 38.5 Å². The third kappa shape index (κ3) is 6.49. The first-order valence-corrected chi connectivity index (χ1v) is 14.1. The highest BCUT2D eigenvalue weighted by molar-refractivity contribution is 5.97. The molecule has 1 amide bonds. The number of carboxylic acids is 1. The Hall–Kier alpha value is -3.26. The molecule has 2 aromatic carbocycles. The second-order valence-corrected chi connectivity index (χ2v) is 10.5. The summed E-state index contributed by atoms with van der Waals surface area (Å²) in [6.45, 7) is 4.53. The number of benzene rings is 2. The molecule has 212 valence electrons. The van der Waals surface area contributed by atoms with Crippen molar-refractivity contribution in [3.05, 3.63) is 52.6 Å². The van der Waals surface area contributed by atoms with Crippen molar-refractivity contribution in [3.63, 3.8) is 0 Å². The monoisotopic (exact) mass is 539 g/mol. The van der Waals surface area contributed by atoms with Crippen LogP contribution in [-0.4, -0.2) is 49.6 Å². The zero-order chi connectivity index (χ0) is 28.0. The summed E-state index contributed by atoms with van der Waals surface area (Å²) in [7, 11) is 3.16. The number of carbonyl (C=O) groups is 2. The van der Waals surface area contributed by atoms with E-state index in [-0.39, 0.29) is 18.7 Å². The average molecular weight is 540 g/mol. The van der Waals surface area contributed by atoms with E-state index >= 15 is 0 Å². The van der Waals surface area contributed by atoms with Gasteiger partial charge in [-0.3, -0.25) is 9.59 Å². The van der Waals surface area contributed by atoms with Crippen LogP contribution in [0.5, 0.6) is 17.2 Å². The Morgan fingerprint density at radius 1 is 1.15 bits per heavy atom. The van der Waals surface area contributed by atoms with Gasteiger partial charge in [0, 0.05) is 25.5 Å². The average Bonchev–Trinajstić information content (AvgIpc) is 3.76. The molecule has 0 saturated heterocycles. The molecule has 1 heterocycles. The summed E-state index contributed by atoms with van der Waals surface area (Å²) in [4.78, 5) is 24.3. The number of fused-ring (bicyclic) bond motifs is 1. The number of aliphatic carboxylic acids is 1. The normalized spacial score (nSPS) is 20.1. The van der Waals surface area contributed by atoms with Crippen LogP contribution in [-0.2, 0) is 28.8 Å². The minimum atomic E-state index is -1.28. The minimum absolute atomic E-state index is 0.122. The summed E-state index contributed by atoms with van der Waals surface area (Å²) >= 11 is 0. The van der Waals surface area contributed by atoms with Crippen LogP contribution in [0, 0.1) is 5.92 Å². The summed E-state index contributed by atoms with van der Waals surface area (Å²) in [6.07, 6.45) is 5.42. The van der Waals surface area contributed by atoms with Gasteiger partial charge in [-0.15, -0.1) is 0 Å². The standard InChI is InChI=1S/C31H41NO7/c1-5-8-21-9-7-10-22-19-26(31(37-17-6-2,39-28(21)22)16-15-27(33)34)38-25-14-13-23(30(35)32-3)29(36-4)24(25)18-20-11-12-20/h7,9-10,13-14,20,26H,5-6,8,11-12,15-19H2,1-4H3,(H,32,35)(H,33,34). The van der Waals surface area contributed by atoms with Gasteiger partial charge in [0.25, 0.3) is 5.91 Å². The van der Waals surface area contributed by atoms with Gasteiger partial charge in [-0.25, -0.2) is 0 Å². The topological polar surface area (TPSA) is 103 Å². The zero-order valence-electron chi connectivity index (χ0n) is 23.5. The van der Waals surface area contributed by atoms with Crippen LogP contribution in [0.4, 0.5) is 0 Å². The second-order valence-electron chi connectivity index (χ2n) is 10.5. The van der Waals surface area contributed by atoms with Crippen molar-refractivity contribution in [1.82, 2.24) is 5.32 Å². The molecule has 0 aromatic heterocycles. The predicted octanol–water partition coefficient (Wildman–Crippen LogP) is 5.33. The highest BCUT2D eigenvalue weighted by Crippen LogP contribution is 2.45. The van der Waals surface area contributed by atoms with E-state index in [9.17, 15) is 14.7 Å². The van der Waals surface area contributed by atoms with Crippen LogP contribution in [0.2, 0.25) is 0 Å². The number of rotatable bonds is 14. The maximum absolute atomic E-state index is 12.6. The van der Waals surface area contributed by atoms with E-state index in [2.05, 4.69) is 18.3 Å². The fourth-order valence-electron chi connectivity index (χ4n) is 5.31. The molecule has 1 aliphatic carbocycles. The van der Waals surface area contributed by atoms with Crippen LogP contribution in [0.3, 0.4) is 0 Å². The molecule has 2 aromatic rings. The summed E-state index contributed by atoms with van der Waals surface area (Å²) in [5.74, 6) is -0.0406. The van der Waals surface area contributed by atoms with E-state index in [4.69, 9.17) is 18.9 Å². The summed E-state index contributed by atoms with van der Waals surface area (Å²) in [5.41, 5.74) is 3.39. The Bertz CT molecular complexity index is 1180. The maximum atomic E-state index is 12.6. The van der Waals surface area contributed by atoms with Crippen LogP contribution < -0.4 is 19.5 Å². The second kappa shape index (κ2) is 12.7. The molecule has 0 spiro atoms. The van der Waals surface area contributed by atoms with Gasteiger partial charge >= 0.3 is 5.97 Å².